The molecule has 13 heteroatoms. The smallest absolute Gasteiger partial charge is 0.306 e. The summed E-state index contributed by atoms with van der Waals surface area (Å²) in [5, 5.41) is 0.808. The number of esters is 1. The van der Waals surface area contributed by atoms with E-state index in [0.717, 1.165) is 5.39 Å². The van der Waals surface area contributed by atoms with Gasteiger partial charge in [0.15, 0.2) is 11.6 Å². The van der Waals surface area contributed by atoms with Crippen molar-refractivity contribution >= 4 is 50.1 Å². The number of benzene rings is 1. The number of carbonyl (C=O) groups excluding carboxylic acids is 5. The number of nitrogens with one attached hydrogen (secondary N) is 1. The highest BCUT2D eigenvalue weighted by atomic mass is 32.2. The molecule has 1 saturated heterocycles. The molecular weight excluding hydrogens is 662 g/mol. The van der Waals surface area contributed by atoms with Gasteiger partial charge in [-0.25, -0.2) is 13.4 Å². The average Bonchev–Trinajstić information content (AvgIpc) is 3.99. The number of Topliss-reactive ketones (excluding diaryl/α,β-unsaturated/α-hetero) is 2. The number of carbonyl (C=O) groups is 5. The van der Waals surface area contributed by atoms with Gasteiger partial charge in [-0.05, 0) is 61.0 Å². The lowest BCUT2D eigenvalue weighted by Gasteiger charge is -2.34. The fourth-order valence-corrected chi connectivity index (χ4v) is 8.60. The molecule has 2 aromatic rings. The molecule has 2 aliphatic heterocycles. The van der Waals surface area contributed by atoms with E-state index in [1.165, 1.54) is 4.90 Å². The maximum absolute atomic E-state index is 14.5. The summed E-state index contributed by atoms with van der Waals surface area (Å²) < 4.78 is 39.5. The Kier molecular flexibility index (Phi) is 9.66. The first-order valence-corrected chi connectivity index (χ1v) is 18.9. The zero-order valence-corrected chi connectivity index (χ0v) is 29.6. The Balaban J connectivity index is 1.34. The Morgan fingerprint density at radius 1 is 1.14 bits per heavy atom. The molecule has 0 spiro atoms. The fraction of sp³-hybridized carbons (Fsp3) is 0.568. The van der Waals surface area contributed by atoms with E-state index in [9.17, 15) is 32.4 Å². The van der Waals surface area contributed by atoms with Crippen LogP contribution in [0.25, 0.3) is 10.8 Å². The largest absolute Gasteiger partial charge is 0.472 e. The number of sulfonamides is 1. The molecule has 2 saturated carbocycles. The number of aromatic nitrogens is 1. The summed E-state index contributed by atoms with van der Waals surface area (Å²) in [6.45, 7) is 9.45. The van der Waals surface area contributed by atoms with E-state index < -0.39 is 73.7 Å². The van der Waals surface area contributed by atoms with Gasteiger partial charge in [0.25, 0.3) is 0 Å². The van der Waals surface area contributed by atoms with Crippen LogP contribution in [0.1, 0.15) is 88.9 Å². The lowest BCUT2D eigenvalue weighted by Crippen LogP contribution is -2.48. The van der Waals surface area contributed by atoms with E-state index in [0.29, 0.717) is 36.6 Å². The SMILES string of the molecule is C=C[C@@H]1C[C@]1(CC(=O)C1C[C@@H]2CN1C(=O)[C@H](C(C)(C)C)CC(=O)OCCCCC(=O)c1ccc3ccnc(c3c1)O2)C(=O)NS(=O)(=O)C1CC1. The standard InChI is InChI=1S/C37H45N3O9S/c1-5-24-19-37(24,35(45)39-50(46,47)26-11-12-26)20-31(42)29-17-25-21-40(29)34(44)28(36(2,3)4)18-32(43)48-15-7-6-8-30(41)23-10-9-22-13-14-38-33(49-25)27(22)16-23/h5,9-10,13-14,16,24-26,28-29H,1,6-8,11-12,15,17-21H2,2-4H3,(H,39,45)/t24-,25-,28-,29?,37-/m1/s1. The molecule has 1 aromatic carbocycles. The van der Waals surface area contributed by atoms with Crippen LogP contribution in [0, 0.1) is 22.7 Å². The number of cyclic esters (lactones) is 1. The molecule has 0 radical (unpaired) electrons. The van der Waals surface area contributed by atoms with Gasteiger partial charge in [-0.3, -0.25) is 28.7 Å². The van der Waals surface area contributed by atoms with Gasteiger partial charge in [0, 0.05) is 36.4 Å². The van der Waals surface area contributed by atoms with E-state index in [1.807, 2.05) is 26.8 Å². The lowest BCUT2D eigenvalue weighted by molar-refractivity contribution is -0.153. The first-order chi connectivity index (χ1) is 23.6. The maximum Gasteiger partial charge on any atom is 0.306 e. The van der Waals surface area contributed by atoms with Crippen LogP contribution in [0.2, 0.25) is 0 Å². The van der Waals surface area contributed by atoms with Crippen LogP contribution >= 0.6 is 0 Å². The van der Waals surface area contributed by atoms with Crippen molar-refractivity contribution in [1.82, 2.24) is 14.6 Å². The molecule has 50 heavy (non-hydrogen) atoms. The van der Waals surface area contributed by atoms with E-state index in [1.54, 1.807) is 30.5 Å². The Labute approximate surface area is 292 Å². The van der Waals surface area contributed by atoms with Gasteiger partial charge in [-0.2, -0.15) is 0 Å². The molecule has 5 atom stereocenters. The van der Waals surface area contributed by atoms with Crippen molar-refractivity contribution in [2.75, 3.05) is 13.2 Å². The van der Waals surface area contributed by atoms with E-state index >= 15 is 0 Å². The summed E-state index contributed by atoms with van der Waals surface area (Å²) >= 11 is 0. The van der Waals surface area contributed by atoms with Crippen LogP contribution in [-0.4, -0.2) is 78.2 Å². The summed E-state index contributed by atoms with van der Waals surface area (Å²) in [5.74, 6) is -3.16. The molecular formula is C37H45N3O9S. The van der Waals surface area contributed by atoms with Crippen molar-refractivity contribution in [1.29, 1.82) is 0 Å². The normalized spacial score (nSPS) is 28.0. The van der Waals surface area contributed by atoms with Crippen LogP contribution < -0.4 is 9.46 Å². The van der Waals surface area contributed by atoms with Crippen LogP contribution in [0.5, 0.6) is 5.88 Å². The molecule has 1 unspecified atom stereocenters. The Hall–Kier alpha value is -4.13. The third kappa shape index (κ3) is 7.33. The summed E-state index contributed by atoms with van der Waals surface area (Å²) in [5.41, 5.74) is -1.49. The second kappa shape index (κ2) is 13.5. The van der Waals surface area contributed by atoms with Gasteiger partial charge >= 0.3 is 5.97 Å². The van der Waals surface area contributed by atoms with Crippen molar-refractivity contribution in [3.8, 4) is 5.88 Å². The molecule has 12 nitrogen and oxygen atoms in total. The fourth-order valence-electron chi connectivity index (χ4n) is 7.21. The Morgan fingerprint density at radius 2 is 1.90 bits per heavy atom. The number of fused-ring (bicyclic) bond motifs is 3. The molecule has 6 rings (SSSR count). The zero-order chi connectivity index (χ0) is 36.0. The summed E-state index contributed by atoms with van der Waals surface area (Å²) in [7, 11) is -3.85. The number of rotatable bonds is 7. The molecule has 1 N–H and O–H groups in total. The predicted molar refractivity (Wildman–Crippen MR) is 183 cm³/mol. The molecule has 2 amide bonds. The monoisotopic (exact) mass is 707 g/mol. The van der Waals surface area contributed by atoms with Crippen LogP contribution in [-0.2, 0) is 33.9 Å². The van der Waals surface area contributed by atoms with Crippen LogP contribution in [0.15, 0.2) is 43.1 Å². The van der Waals surface area contributed by atoms with Crippen LogP contribution in [0.3, 0.4) is 0 Å². The molecule has 4 bridgehead atoms. The van der Waals surface area contributed by atoms with Crippen molar-refractivity contribution in [3.05, 3.63) is 48.7 Å². The second-order valence-electron chi connectivity index (χ2n) is 15.3. The number of hydrogen-bond donors (Lipinski definition) is 1. The third-order valence-electron chi connectivity index (χ3n) is 10.6. The van der Waals surface area contributed by atoms with Crippen molar-refractivity contribution in [2.24, 2.45) is 22.7 Å². The summed E-state index contributed by atoms with van der Waals surface area (Å²) in [6, 6.07) is 6.10. The summed E-state index contributed by atoms with van der Waals surface area (Å²) in [4.78, 5) is 74.3. The minimum absolute atomic E-state index is 0.00764. The van der Waals surface area contributed by atoms with Crippen molar-refractivity contribution in [3.63, 3.8) is 0 Å². The second-order valence-corrected chi connectivity index (χ2v) is 17.2. The molecule has 3 heterocycles. The number of ketones is 2. The van der Waals surface area contributed by atoms with Gasteiger partial charge in [-0.1, -0.05) is 39.0 Å². The third-order valence-corrected chi connectivity index (χ3v) is 12.4. The van der Waals surface area contributed by atoms with Gasteiger partial charge in [0.1, 0.15) is 6.10 Å². The molecule has 268 valence electrons. The highest BCUT2D eigenvalue weighted by Gasteiger charge is 2.61. The van der Waals surface area contributed by atoms with E-state index in [2.05, 4.69) is 16.3 Å². The topological polar surface area (TPSA) is 166 Å². The maximum atomic E-state index is 14.5. The number of nitrogens with zero attached hydrogens (tertiary/aromatic N) is 2. The van der Waals surface area contributed by atoms with E-state index in [-0.39, 0.29) is 56.9 Å². The molecule has 1 aromatic heterocycles. The number of ether oxygens (including phenoxy) is 2. The lowest BCUT2D eigenvalue weighted by atomic mass is 9.77. The quantitative estimate of drug-likeness (QED) is 0.324. The van der Waals surface area contributed by atoms with E-state index in [4.69, 9.17) is 9.47 Å². The number of allylic oxidation sites excluding steroid dienone is 1. The average molecular weight is 708 g/mol. The van der Waals surface area contributed by atoms with Gasteiger partial charge in [0.05, 0.1) is 42.2 Å². The van der Waals surface area contributed by atoms with Gasteiger partial charge < -0.3 is 14.4 Å². The first-order valence-electron chi connectivity index (χ1n) is 17.4. The molecule has 3 fully saturated rings. The molecule has 2 aliphatic carbocycles. The number of hydrogen-bond acceptors (Lipinski definition) is 10. The molecule has 4 aliphatic rings. The van der Waals surface area contributed by atoms with Gasteiger partial charge in [0.2, 0.25) is 27.7 Å². The Bertz CT molecular complexity index is 1850. The number of pyridine rings is 1. The first kappa shape index (κ1) is 35.7. The minimum atomic E-state index is -3.85. The predicted octanol–water partition coefficient (Wildman–Crippen LogP) is 4.31. The summed E-state index contributed by atoms with van der Waals surface area (Å²) in [6.07, 6.45) is 4.51. The van der Waals surface area contributed by atoms with Gasteiger partial charge in [-0.15, -0.1) is 6.58 Å². The highest BCUT2D eigenvalue weighted by molar-refractivity contribution is 7.90. The Morgan fingerprint density at radius 3 is 2.58 bits per heavy atom. The van der Waals surface area contributed by atoms with Crippen molar-refractivity contribution in [2.45, 2.75) is 96.0 Å². The highest BCUT2D eigenvalue weighted by Crippen LogP contribution is 2.57. The zero-order valence-electron chi connectivity index (χ0n) is 28.8. The number of amides is 2. The van der Waals surface area contributed by atoms with Crippen molar-refractivity contribution < 1.29 is 41.9 Å². The minimum Gasteiger partial charge on any atom is -0.472 e. The van der Waals surface area contributed by atoms with Crippen LogP contribution in [0.4, 0.5) is 0 Å².